The van der Waals surface area contributed by atoms with Gasteiger partial charge >= 0.3 is 0 Å². The van der Waals surface area contributed by atoms with E-state index in [2.05, 4.69) is 49.6 Å². The third-order valence-electron chi connectivity index (χ3n) is 9.19. The highest BCUT2D eigenvalue weighted by Crippen LogP contribution is 2.67. The molecule has 0 aromatic heterocycles. The number of hydrogen-bond donors (Lipinski definition) is 2. The van der Waals surface area contributed by atoms with Crippen LogP contribution < -0.4 is 5.43 Å². The fourth-order valence-corrected chi connectivity index (χ4v) is 7.51. The standard InChI is InChI=1S/C21H32N2O/c1-19-10-6-14-9-13-22-23(14)18(19)5-4-15-16(19)7-11-20(2)17(15)8-12-21(20,3)24/h6,9,13,15-18,22,24H,4-5,7-8,10-12H2,1-3H3. The molecule has 7 atom stereocenters. The third-order valence-corrected chi connectivity index (χ3v) is 9.19. The Balaban J connectivity index is 1.49. The molecular formula is C21H32N2O. The summed E-state index contributed by atoms with van der Waals surface area (Å²) in [6.07, 6.45) is 15.3. The molecule has 0 bridgehead atoms. The fraction of sp³-hybridized carbons (Fsp3) is 0.810. The van der Waals surface area contributed by atoms with Gasteiger partial charge in [0.15, 0.2) is 0 Å². The molecule has 2 heterocycles. The molecule has 2 N–H and O–H groups in total. The highest BCUT2D eigenvalue weighted by Gasteiger charge is 2.63. The lowest BCUT2D eigenvalue weighted by Gasteiger charge is -2.62. The van der Waals surface area contributed by atoms with Crippen molar-refractivity contribution in [3.63, 3.8) is 0 Å². The monoisotopic (exact) mass is 328 g/mol. The molecule has 0 amide bonds. The molecule has 5 aliphatic rings. The quantitative estimate of drug-likeness (QED) is 0.706. The highest BCUT2D eigenvalue weighted by molar-refractivity contribution is 5.28. The van der Waals surface area contributed by atoms with Crippen LogP contribution in [-0.4, -0.2) is 21.8 Å². The molecule has 5 rings (SSSR count). The van der Waals surface area contributed by atoms with Gasteiger partial charge in [-0.3, -0.25) is 5.01 Å². The topological polar surface area (TPSA) is 35.5 Å². The third kappa shape index (κ3) is 1.67. The molecule has 3 saturated carbocycles. The number of hydrogen-bond acceptors (Lipinski definition) is 3. The molecule has 3 aliphatic carbocycles. The summed E-state index contributed by atoms with van der Waals surface area (Å²) in [4.78, 5) is 0. The molecule has 0 saturated heterocycles. The van der Waals surface area contributed by atoms with Crippen LogP contribution in [-0.2, 0) is 0 Å². The Hall–Kier alpha value is -0.960. The van der Waals surface area contributed by atoms with Crippen molar-refractivity contribution in [3.8, 4) is 0 Å². The molecule has 0 aromatic carbocycles. The number of nitrogens with zero attached hydrogens (tertiary/aromatic N) is 1. The molecule has 7 unspecified atom stereocenters. The lowest BCUT2D eigenvalue weighted by molar-refractivity contribution is -0.144. The first kappa shape index (κ1) is 15.3. The predicted molar refractivity (Wildman–Crippen MR) is 95.6 cm³/mol. The van der Waals surface area contributed by atoms with E-state index in [9.17, 15) is 5.11 Å². The molecule has 132 valence electrons. The minimum Gasteiger partial charge on any atom is -0.390 e. The normalized spacial score (nSPS) is 55.2. The van der Waals surface area contributed by atoms with Crippen LogP contribution in [0.3, 0.4) is 0 Å². The molecular weight excluding hydrogens is 296 g/mol. The minimum atomic E-state index is -0.458. The highest BCUT2D eigenvalue weighted by atomic mass is 16.3. The Labute approximate surface area is 146 Å². The molecule has 2 aliphatic heterocycles. The Morgan fingerprint density at radius 2 is 1.88 bits per heavy atom. The zero-order valence-corrected chi connectivity index (χ0v) is 15.4. The van der Waals surface area contributed by atoms with Crippen molar-refractivity contribution >= 4 is 0 Å². The van der Waals surface area contributed by atoms with Crippen LogP contribution in [0.1, 0.15) is 65.7 Å². The van der Waals surface area contributed by atoms with Gasteiger partial charge in [-0.15, -0.1) is 0 Å². The van der Waals surface area contributed by atoms with Gasteiger partial charge in [0.25, 0.3) is 0 Å². The minimum absolute atomic E-state index is 0.139. The van der Waals surface area contributed by atoms with Gasteiger partial charge in [-0.2, -0.15) is 0 Å². The van der Waals surface area contributed by atoms with Gasteiger partial charge in [0.2, 0.25) is 0 Å². The van der Waals surface area contributed by atoms with E-state index in [-0.39, 0.29) is 5.41 Å². The van der Waals surface area contributed by atoms with Crippen LogP contribution >= 0.6 is 0 Å². The van der Waals surface area contributed by atoms with E-state index in [1.807, 2.05) is 0 Å². The van der Waals surface area contributed by atoms with E-state index in [4.69, 9.17) is 0 Å². The van der Waals surface area contributed by atoms with Crippen molar-refractivity contribution in [2.45, 2.75) is 77.4 Å². The van der Waals surface area contributed by atoms with Gasteiger partial charge in [-0.05, 0) is 86.5 Å². The summed E-state index contributed by atoms with van der Waals surface area (Å²) >= 11 is 0. The van der Waals surface area contributed by atoms with Crippen LogP contribution in [0, 0.1) is 28.6 Å². The number of nitrogens with one attached hydrogen (secondary N) is 1. The van der Waals surface area contributed by atoms with Gasteiger partial charge in [0.1, 0.15) is 0 Å². The Kier molecular flexibility index (Phi) is 2.94. The summed E-state index contributed by atoms with van der Waals surface area (Å²) in [5.74, 6) is 2.34. The molecule has 0 radical (unpaired) electrons. The zero-order chi connectivity index (χ0) is 16.7. The summed E-state index contributed by atoms with van der Waals surface area (Å²) in [5, 5.41) is 13.5. The number of allylic oxidation sites excluding steroid dienone is 2. The largest absolute Gasteiger partial charge is 0.390 e. The first-order valence-corrected chi connectivity index (χ1v) is 10.0. The SMILES string of the molecule is CC12CC=C3C=CNN3C1CCC1C2CCC2(C)C1CCC2(C)O. The number of hydrazine groups is 1. The van der Waals surface area contributed by atoms with E-state index >= 15 is 0 Å². The predicted octanol–water partition coefficient (Wildman–Crippen LogP) is 3.97. The number of aliphatic hydroxyl groups is 1. The van der Waals surface area contributed by atoms with Crippen molar-refractivity contribution in [1.82, 2.24) is 10.4 Å². The summed E-state index contributed by atoms with van der Waals surface area (Å²) in [7, 11) is 0. The van der Waals surface area contributed by atoms with Crippen LogP contribution in [0.25, 0.3) is 0 Å². The van der Waals surface area contributed by atoms with E-state index in [0.29, 0.717) is 11.5 Å². The summed E-state index contributed by atoms with van der Waals surface area (Å²) in [6, 6.07) is 0.625. The van der Waals surface area contributed by atoms with Crippen molar-refractivity contribution < 1.29 is 5.11 Å². The molecule has 3 fully saturated rings. The van der Waals surface area contributed by atoms with Gasteiger partial charge < -0.3 is 10.5 Å². The average molecular weight is 329 g/mol. The lowest BCUT2D eigenvalue weighted by atomic mass is 9.47. The Morgan fingerprint density at radius 1 is 1.08 bits per heavy atom. The summed E-state index contributed by atoms with van der Waals surface area (Å²) in [5.41, 5.74) is 4.92. The smallest absolute Gasteiger partial charge is 0.0675 e. The van der Waals surface area contributed by atoms with Gasteiger partial charge in [-0.1, -0.05) is 19.9 Å². The maximum atomic E-state index is 11.0. The van der Waals surface area contributed by atoms with E-state index in [1.165, 1.54) is 44.2 Å². The van der Waals surface area contributed by atoms with Crippen molar-refractivity contribution in [1.29, 1.82) is 0 Å². The maximum absolute atomic E-state index is 11.0. The lowest BCUT2D eigenvalue weighted by Crippen LogP contribution is -2.61. The second-order valence-corrected chi connectivity index (χ2v) is 9.91. The Morgan fingerprint density at radius 3 is 2.71 bits per heavy atom. The molecule has 0 aromatic rings. The van der Waals surface area contributed by atoms with Gasteiger partial charge in [0.05, 0.1) is 17.3 Å². The summed E-state index contributed by atoms with van der Waals surface area (Å²) in [6.45, 7) is 7.05. The van der Waals surface area contributed by atoms with Crippen molar-refractivity contribution in [3.05, 3.63) is 24.0 Å². The molecule has 3 heteroatoms. The number of rotatable bonds is 0. The molecule has 24 heavy (non-hydrogen) atoms. The van der Waals surface area contributed by atoms with Crippen LogP contribution in [0.2, 0.25) is 0 Å². The first-order chi connectivity index (χ1) is 11.4. The van der Waals surface area contributed by atoms with E-state index in [1.54, 1.807) is 0 Å². The fourth-order valence-electron chi connectivity index (χ4n) is 7.51. The second kappa shape index (κ2) is 4.60. The van der Waals surface area contributed by atoms with Crippen molar-refractivity contribution in [2.75, 3.05) is 0 Å². The van der Waals surface area contributed by atoms with E-state index in [0.717, 1.165) is 24.2 Å². The molecule has 0 spiro atoms. The van der Waals surface area contributed by atoms with Crippen LogP contribution in [0.5, 0.6) is 0 Å². The maximum Gasteiger partial charge on any atom is 0.0675 e. The Bertz CT molecular complexity index is 623. The average Bonchev–Trinajstić information content (AvgIpc) is 3.10. The first-order valence-electron chi connectivity index (χ1n) is 10.0. The second-order valence-electron chi connectivity index (χ2n) is 9.91. The summed E-state index contributed by atoms with van der Waals surface area (Å²) < 4.78 is 0. The van der Waals surface area contributed by atoms with Crippen LogP contribution in [0.15, 0.2) is 24.0 Å². The van der Waals surface area contributed by atoms with E-state index < -0.39 is 5.60 Å². The van der Waals surface area contributed by atoms with Gasteiger partial charge in [-0.25, -0.2) is 0 Å². The zero-order valence-electron chi connectivity index (χ0n) is 15.4. The number of fused-ring (bicyclic) bond motifs is 7. The van der Waals surface area contributed by atoms with Crippen molar-refractivity contribution in [2.24, 2.45) is 28.6 Å². The van der Waals surface area contributed by atoms with Crippen LogP contribution in [0.4, 0.5) is 0 Å². The molecule has 3 nitrogen and oxygen atoms in total. The van der Waals surface area contributed by atoms with Gasteiger partial charge in [0, 0.05) is 6.20 Å².